The van der Waals surface area contributed by atoms with Gasteiger partial charge in [0, 0.05) is 21.8 Å². The van der Waals surface area contributed by atoms with E-state index in [0.717, 1.165) is 6.07 Å². The van der Waals surface area contributed by atoms with Crippen molar-refractivity contribution in [1.82, 2.24) is 0 Å². The van der Waals surface area contributed by atoms with Crippen molar-refractivity contribution in [2.75, 3.05) is 5.32 Å². The van der Waals surface area contributed by atoms with E-state index >= 15 is 0 Å². The van der Waals surface area contributed by atoms with E-state index < -0.39 is 16.6 Å². The second kappa shape index (κ2) is 6.65. The molecule has 114 valence electrons. The molecule has 0 saturated carbocycles. The summed E-state index contributed by atoms with van der Waals surface area (Å²) >= 11 is 3.17. The molecule has 0 saturated heterocycles. The lowest BCUT2D eigenvalue weighted by Gasteiger charge is -2.08. The average Bonchev–Trinajstić information content (AvgIpc) is 2.49. The quantitative estimate of drug-likeness (QED) is 0.647. The van der Waals surface area contributed by atoms with Gasteiger partial charge in [-0.25, -0.2) is 4.39 Å². The van der Waals surface area contributed by atoms with Gasteiger partial charge in [-0.1, -0.05) is 13.0 Å². The molecule has 0 spiro atoms. The summed E-state index contributed by atoms with van der Waals surface area (Å²) in [7, 11) is 0. The Morgan fingerprint density at radius 1 is 1.32 bits per heavy atom. The first kappa shape index (κ1) is 16.1. The molecule has 5 nitrogen and oxygen atoms in total. The summed E-state index contributed by atoms with van der Waals surface area (Å²) in [5.41, 5.74) is 0.917. The summed E-state index contributed by atoms with van der Waals surface area (Å²) in [5.74, 6) is -1.09. The zero-order chi connectivity index (χ0) is 16.3. The number of hydrogen-bond acceptors (Lipinski definition) is 3. The van der Waals surface area contributed by atoms with Crippen LogP contribution in [0, 0.1) is 15.9 Å². The van der Waals surface area contributed by atoms with Crippen molar-refractivity contribution in [3.8, 4) is 0 Å². The molecule has 0 aromatic heterocycles. The minimum absolute atomic E-state index is 0.0568. The van der Waals surface area contributed by atoms with E-state index in [-0.39, 0.29) is 16.9 Å². The van der Waals surface area contributed by atoms with Crippen molar-refractivity contribution in [3.05, 3.63) is 67.9 Å². The number of nitro benzene ring substituents is 1. The van der Waals surface area contributed by atoms with Gasteiger partial charge in [0.05, 0.1) is 10.5 Å². The third-order valence-electron chi connectivity index (χ3n) is 3.09. The predicted molar refractivity (Wildman–Crippen MR) is 84.5 cm³/mol. The molecular formula is C15H12BrFN2O3. The molecule has 0 unspecified atom stereocenters. The highest BCUT2D eigenvalue weighted by atomic mass is 79.9. The summed E-state index contributed by atoms with van der Waals surface area (Å²) in [6.07, 6.45) is 0.514. The molecule has 22 heavy (non-hydrogen) atoms. The number of nitrogens with zero attached hydrogens (tertiary/aromatic N) is 1. The van der Waals surface area contributed by atoms with Gasteiger partial charge in [-0.15, -0.1) is 0 Å². The Kier molecular flexibility index (Phi) is 4.87. The van der Waals surface area contributed by atoms with Crippen LogP contribution < -0.4 is 5.32 Å². The maximum absolute atomic E-state index is 13.2. The van der Waals surface area contributed by atoms with Crippen LogP contribution in [0.2, 0.25) is 0 Å². The van der Waals surface area contributed by atoms with Gasteiger partial charge in [0.25, 0.3) is 11.6 Å². The molecular weight excluding hydrogens is 355 g/mol. The Bertz CT molecular complexity index is 750. The van der Waals surface area contributed by atoms with E-state index in [1.54, 1.807) is 12.1 Å². The number of nitrogens with one attached hydrogen (secondary N) is 1. The Morgan fingerprint density at radius 3 is 2.68 bits per heavy atom. The molecule has 2 aromatic rings. The molecule has 0 bridgehead atoms. The van der Waals surface area contributed by atoms with Crippen LogP contribution in [0.4, 0.5) is 15.8 Å². The van der Waals surface area contributed by atoms with Gasteiger partial charge in [0.2, 0.25) is 0 Å². The predicted octanol–water partition coefficient (Wildman–Crippen LogP) is 4.31. The first-order valence-corrected chi connectivity index (χ1v) is 7.25. The maximum Gasteiger partial charge on any atom is 0.274 e. The lowest BCUT2D eigenvalue weighted by molar-refractivity contribution is -0.385. The topological polar surface area (TPSA) is 72.2 Å². The number of rotatable bonds is 4. The molecule has 0 atom stereocenters. The fourth-order valence-corrected chi connectivity index (χ4v) is 2.41. The first-order chi connectivity index (χ1) is 10.4. The minimum Gasteiger partial charge on any atom is -0.322 e. The fourth-order valence-electron chi connectivity index (χ4n) is 1.98. The first-order valence-electron chi connectivity index (χ1n) is 6.46. The third kappa shape index (κ3) is 3.48. The van der Waals surface area contributed by atoms with E-state index in [1.165, 1.54) is 18.2 Å². The zero-order valence-corrected chi connectivity index (χ0v) is 13.2. The summed E-state index contributed by atoms with van der Waals surface area (Å²) in [4.78, 5) is 22.7. The minimum atomic E-state index is -0.551. The highest BCUT2D eigenvalue weighted by Crippen LogP contribution is 2.25. The lowest BCUT2D eigenvalue weighted by Crippen LogP contribution is -2.13. The van der Waals surface area contributed by atoms with Gasteiger partial charge < -0.3 is 5.32 Å². The summed E-state index contributed by atoms with van der Waals surface area (Å²) in [5, 5.41) is 13.6. The third-order valence-corrected chi connectivity index (χ3v) is 3.79. The molecule has 0 aliphatic heterocycles. The van der Waals surface area contributed by atoms with Gasteiger partial charge in [-0.05, 0) is 46.6 Å². The Morgan fingerprint density at radius 2 is 2.05 bits per heavy atom. The summed E-state index contributed by atoms with van der Waals surface area (Å²) in [6, 6.07) is 8.21. The van der Waals surface area contributed by atoms with E-state index in [9.17, 15) is 19.3 Å². The van der Waals surface area contributed by atoms with Gasteiger partial charge in [0.1, 0.15) is 5.82 Å². The van der Waals surface area contributed by atoms with E-state index in [2.05, 4.69) is 21.2 Å². The van der Waals surface area contributed by atoms with Crippen molar-refractivity contribution in [1.29, 1.82) is 0 Å². The standard InChI is InChI=1S/C15H12BrFN2O3/c1-2-9-3-5-11(8-14(9)19(21)22)18-15(20)12-7-10(17)4-6-13(12)16/h3-8H,2H2,1H3,(H,18,20). The number of carbonyl (C=O) groups excluding carboxylic acids is 1. The van der Waals surface area contributed by atoms with E-state index in [4.69, 9.17) is 0 Å². The van der Waals surface area contributed by atoms with Crippen LogP contribution in [0.5, 0.6) is 0 Å². The number of anilines is 1. The highest BCUT2D eigenvalue weighted by molar-refractivity contribution is 9.10. The highest BCUT2D eigenvalue weighted by Gasteiger charge is 2.16. The van der Waals surface area contributed by atoms with Crippen molar-refractivity contribution in [3.63, 3.8) is 0 Å². The number of hydrogen-bond donors (Lipinski definition) is 1. The van der Waals surface area contributed by atoms with Crippen LogP contribution in [0.3, 0.4) is 0 Å². The van der Waals surface area contributed by atoms with Crippen LogP contribution in [-0.2, 0) is 6.42 Å². The van der Waals surface area contributed by atoms with Gasteiger partial charge in [0.15, 0.2) is 0 Å². The maximum atomic E-state index is 13.2. The smallest absolute Gasteiger partial charge is 0.274 e. The number of amides is 1. The zero-order valence-electron chi connectivity index (χ0n) is 11.6. The SMILES string of the molecule is CCc1ccc(NC(=O)c2cc(F)ccc2Br)cc1[N+](=O)[O-]. The molecule has 1 amide bonds. The number of aryl methyl sites for hydroxylation is 1. The normalized spacial score (nSPS) is 10.3. The second-order valence-electron chi connectivity index (χ2n) is 4.53. The van der Waals surface area contributed by atoms with Gasteiger partial charge in [-0.3, -0.25) is 14.9 Å². The molecule has 0 aliphatic carbocycles. The van der Waals surface area contributed by atoms with Crippen LogP contribution in [-0.4, -0.2) is 10.8 Å². The average molecular weight is 367 g/mol. The number of benzene rings is 2. The summed E-state index contributed by atoms with van der Waals surface area (Å²) in [6.45, 7) is 1.81. The van der Waals surface area contributed by atoms with Crippen LogP contribution in [0.25, 0.3) is 0 Å². The van der Waals surface area contributed by atoms with Crippen LogP contribution >= 0.6 is 15.9 Å². The largest absolute Gasteiger partial charge is 0.322 e. The molecule has 2 aromatic carbocycles. The molecule has 0 heterocycles. The Balaban J connectivity index is 2.30. The van der Waals surface area contributed by atoms with Crippen molar-refractivity contribution in [2.45, 2.75) is 13.3 Å². The lowest BCUT2D eigenvalue weighted by atomic mass is 10.1. The molecule has 0 radical (unpaired) electrons. The van der Waals surface area contributed by atoms with Crippen molar-refractivity contribution >= 4 is 33.2 Å². The Hall–Kier alpha value is -2.28. The van der Waals surface area contributed by atoms with Crippen molar-refractivity contribution < 1.29 is 14.1 Å². The van der Waals surface area contributed by atoms with E-state index in [0.29, 0.717) is 16.5 Å². The molecule has 1 N–H and O–H groups in total. The monoisotopic (exact) mass is 366 g/mol. The molecule has 0 aliphatic rings. The van der Waals surface area contributed by atoms with Crippen LogP contribution in [0.1, 0.15) is 22.8 Å². The van der Waals surface area contributed by atoms with Gasteiger partial charge >= 0.3 is 0 Å². The fraction of sp³-hybridized carbons (Fsp3) is 0.133. The number of halogens is 2. The number of nitro groups is 1. The van der Waals surface area contributed by atoms with Crippen LogP contribution in [0.15, 0.2) is 40.9 Å². The molecule has 2 rings (SSSR count). The van der Waals surface area contributed by atoms with E-state index in [1.807, 2.05) is 6.92 Å². The van der Waals surface area contributed by atoms with Crippen molar-refractivity contribution in [2.24, 2.45) is 0 Å². The number of carbonyl (C=O) groups is 1. The Labute approximate surface area is 134 Å². The molecule has 0 fully saturated rings. The molecule has 7 heteroatoms. The van der Waals surface area contributed by atoms with Gasteiger partial charge in [-0.2, -0.15) is 0 Å². The second-order valence-corrected chi connectivity index (χ2v) is 5.39. The summed E-state index contributed by atoms with van der Waals surface area (Å²) < 4.78 is 13.7.